The van der Waals surface area contributed by atoms with Gasteiger partial charge in [-0.1, -0.05) is 57.5 Å². The first-order valence-electron chi connectivity index (χ1n) is 14.1. The number of halogens is 2. The minimum Gasteiger partial charge on any atom is -0.482 e. The lowest BCUT2D eigenvalue weighted by molar-refractivity contribution is -0.120. The Bertz CT molecular complexity index is 1450. The summed E-state index contributed by atoms with van der Waals surface area (Å²) in [4.78, 5) is 42.1. The molecule has 1 aliphatic heterocycles. The van der Waals surface area contributed by atoms with Crippen molar-refractivity contribution in [2.75, 3.05) is 18.5 Å². The molecule has 6 nitrogen and oxygen atoms in total. The predicted octanol–water partition coefficient (Wildman–Crippen LogP) is 7.20. The summed E-state index contributed by atoms with van der Waals surface area (Å²) in [5, 5.41) is 2.74. The van der Waals surface area contributed by atoms with Crippen LogP contribution in [0.1, 0.15) is 71.8 Å². The fourth-order valence-corrected chi connectivity index (χ4v) is 6.71. The van der Waals surface area contributed by atoms with Gasteiger partial charge in [0.2, 0.25) is 0 Å². The van der Waals surface area contributed by atoms with Crippen LogP contribution in [0, 0.1) is 16.6 Å². The van der Waals surface area contributed by atoms with E-state index in [0.717, 1.165) is 29.8 Å². The van der Waals surface area contributed by atoms with E-state index in [1.165, 1.54) is 18.2 Å². The molecule has 0 unspecified atom stereocenters. The largest absolute Gasteiger partial charge is 0.482 e. The quantitative estimate of drug-likeness (QED) is 0.392. The van der Waals surface area contributed by atoms with Crippen molar-refractivity contribution in [2.24, 2.45) is 10.8 Å². The lowest BCUT2D eigenvalue weighted by atomic mass is 9.63. The maximum atomic E-state index is 13.9. The zero-order valence-electron chi connectivity index (χ0n) is 24.2. The minimum atomic E-state index is -0.541. The topological polar surface area (TPSA) is 75.7 Å². The summed E-state index contributed by atoms with van der Waals surface area (Å²) in [5.74, 6) is -1.18. The van der Waals surface area contributed by atoms with Gasteiger partial charge in [0.25, 0.3) is 5.91 Å². The van der Waals surface area contributed by atoms with Crippen molar-refractivity contribution in [2.45, 2.75) is 66.2 Å². The number of hydrogen-bond acceptors (Lipinski definition) is 5. The lowest BCUT2D eigenvalue weighted by Gasteiger charge is -2.48. The van der Waals surface area contributed by atoms with E-state index < -0.39 is 17.6 Å². The van der Waals surface area contributed by atoms with E-state index in [0.29, 0.717) is 30.5 Å². The number of hydrogen-bond donors (Lipinski definition) is 1. The molecule has 0 aromatic heterocycles. The number of ketones is 2. The van der Waals surface area contributed by atoms with Gasteiger partial charge in [-0.25, -0.2) is 4.39 Å². The van der Waals surface area contributed by atoms with E-state index in [-0.39, 0.29) is 45.5 Å². The second-order valence-corrected chi connectivity index (χ2v) is 13.2. The van der Waals surface area contributed by atoms with E-state index >= 15 is 0 Å². The monoisotopic (exact) mass is 578 g/mol. The number of nitrogens with one attached hydrogen (secondary N) is 1. The van der Waals surface area contributed by atoms with Gasteiger partial charge in [0.05, 0.1) is 10.7 Å². The number of nitrogens with zero attached hydrogens (tertiary/aromatic N) is 1. The molecule has 2 aromatic carbocycles. The van der Waals surface area contributed by atoms with Crippen molar-refractivity contribution in [3.8, 4) is 5.75 Å². The first-order valence-corrected chi connectivity index (χ1v) is 14.4. The highest BCUT2D eigenvalue weighted by Crippen LogP contribution is 2.54. The highest BCUT2D eigenvalue weighted by molar-refractivity contribution is 6.32. The summed E-state index contributed by atoms with van der Waals surface area (Å²) in [5.41, 5.74) is 3.83. The molecule has 0 radical (unpaired) electrons. The van der Waals surface area contributed by atoms with E-state index in [1.807, 2.05) is 6.07 Å². The third-order valence-electron chi connectivity index (χ3n) is 8.13. The third-order valence-corrected chi connectivity index (χ3v) is 8.43. The van der Waals surface area contributed by atoms with Crippen molar-refractivity contribution >= 4 is 34.8 Å². The van der Waals surface area contributed by atoms with Crippen molar-refractivity contribution < 1.29 is 23.5 Å². The molecule has 41 heavy (non-hydrogen) atoms. The summed E-state index contributed by atoms with van der Waals surface area (Å²) in [6.45, 7) is 10.8. The number of amides is 1. The first-order chi connectivity index (χ1) is 19.3. The van der Waals surface area contributed by atoms with Gasteiger partial charge in [0, 0.05) is 47.8 Å². The minimum absolute atomic E-state index is 0.0603. The zero-order chi connectivity index (χ0) is 29.7. The smallest absolute Gasteiger partial charge is 0.262 e. The van der Waals surface area contributed by atoms with Crippen LogP contribution in [0.25, 0.3) is 0 Å². The van der Waals surface area contributed by atoms with Crippen LogP contribution >= 0.6 is 11.6 Å². The number of carbonyl (C=O) groups is 3. The summed E-state index contributed by atoms with van der Waals surface area (Å²) in [6.07, 6.45) is 2.31. The van der Waals surface area contributed by atoms with Crippen molar-refractivity contribution in [3.05, 3.63) is 81.4 Å². The van der Waals surface area contributed by atoms with Crippen molar-refractivity contribution in [3.63, 3.8) is 0 Å². The summed E-state index contributed by atoms with van der Waals surface area (Å²) < 4.78 is 19.6. The Kier molecular flexibility index (Phi) is 7.62. The molecular formula is C33H36ClFN2O4. The van der Waals surface area contributed by atoms with Crippen LogP contribution in [0.15, 0.2) is 65.0 Å². The fourth-order valence-electron chi connectivity index (χ4n) is 6.47. The van der Waals surface area contributed by atoms with E-state index in [2.05, 4.69) is 44.8 Å². The van der Waals surface area contributed by atoms with E-state index in [9.17, 15) is 18.8 Å². The average molecular weight is 579 g/mol. The van der Waals surface area contributed by atoms with Crippen LogP contribution in [-0.4, -0.2) is 35.5 Å². The summed E-state index contributed by atoms with van der Waals surface area (Å²) in [6, 6.07) is 11.1. The van der Waals surface area contributed by atoms with Gasteiger partial charge in [-0.05, 0) is 60.4 Å². The molecule has 1 heterocycles. The lowest BCUT2D eigenvalue weighted by Crippen LogP contribution is -2.44. The average Bonchev–Trinajstić information content (AvgIpc) is 2.87. The number of anilines is 1. The number of allylic oxidation sites excluding steroid dienone is 4. The maximum Gasteiger partial charge on any atom is 0.262 e. The molecule has 2 aromatic rings. The van der Waals surface area contributed by atoms with Gasteiger partial charge in [-0.2, -0.15) is 0 Å². The van der Waals surface area contributed by atoms with Crippen molar-refractivity contribution in [1.29, 1.82) is 0 Å². The molecule has 216 valence electrons. The Hall–Kier alpha value is -3.45. The molecule has 0 bridgehead atoms. The second kappa shape index (κ2) is 10.8. The molecule has 0 saturated heterocycles. The summed E-state index contributed by atoms with van der Waals surface area (Å²) >= 11 is 6.66. The molecule has 1 amide bonds. The van der Waals surface area contributed by atoms with Gasteiger partial charge >= 0.3 is 0 Å². The molecule has 1 N–H and O–H groups in total. The number of ether oxygens (including phenoxy) is 1. The number of benzene rings is 2. The summed E-state index contributed by atoms with van der Waals surface area (Å²) in [7, 11) is 0. The van der Waals surface area contributed by atoms with Crippen LogP contribution in [0.2, 0.25) is 5.02 Å². The first kappa shape index (κ1) is 29.1. The van der Waals surface area contributed by atoms with Gasteiger partial charge in [-0.3, -0.25) is 14.4 Å². The molecule has 2 aliphatic carbocycles. The fraction of sp³-hybridized carbons (Fsp3) is 0.424. The van der Waals surface area contributed by atoms with Crippen LogP contribution in [0.3, 0.4) is 0 Å². The Morgan fingerprint density at radius 2 is 1.56 bits per heavy atom. The highest BCUT2D eigenvalue weighted by Gasteiger charge is 2.48. The molecule has 3 aliphatic rings. The Morgan fingerprint density at radius 3 is 2.10 bits per heavy atom. The molecule has 0 fully saturated rings. The van der Waals surface area contributed by atoms with E-state index in [1.54, 1.807) is 18.2 Å². The van der Waals surface area contributed by atoms with E-state index in [4.69, 9.17) is 16.3 Å². The second-order valence-electron chi connectivity index (χ2n) is 12.8. The Morgan fingerprint density at radius 1 is 0.976 bits per heavy atom. The molecule has 0 spiro atoms. The van der Waals surface area contributed by atoms with Gasteiger partial charge in [0.1, 0.15) is 11.6 Å². The highest BCUT2D eigenvalue weighted by atomic mass is 35.5. The van der Waals surface area contributed by atoms with Gasteiger partial charge in [-0.15, -0.1) is 0 Å². The zero-order valence-corrected chi connectivity index (χ0v) is 25.0. The molecule has 8 heteroatoms. The van der Waals surface area contributed by atoms with Gasteiger partial charge in [0.15, 0.2) is 18.2 Å². The molecule has 5 rings (SSSR count). The van der Waals surface area contributed by atoms with Crippen LogP contribution in [-0.2, 0) is 14.4 Å². The van der Waals surface area contributed by atoms with Crippen molar-refractivity contribution in [1.82, 2.24) is 4.90 Å². The third kappa shape index (κ3) is 5.69. The number of rotatable bonds is 6. The SMILES string of the molecule is CCN1C2=C(C(=O)CC(C)(C)C2)C(c2ccc(OCC(=O)Nc3ccccc3F)c(Cl)c2)C2=C1CC(C)(C)CC2=O. The Labute approximate surface area is 245 Å². The van der Waals surface area contributed by atoms with Gasteiger partial charge < -0.3 is 15.0 Å². The normalized spacial score (nSPS) is 20.1. The maximum absolute atomic E-state index is 13.9. The standard InChI is InChI=1S/C33H36ClFN2O4/c1-6-37-23-14-32(2,3)16-25(38)30(23)29(31-24(37)15-33(4,5)17-26(31)39)19-11-12-27(20(34)13-19)41-18-28(40)36-22-10-8-7-9-21(22)35/h7-13,29H,6,14-18H2,1-5H3,(H,36,40). The predicted molar refractivity (Wildman–Crippen MR) is 157 cm³/mol. The van der Waals surface area contributed by atoms with Crippen LogP contribution < -0.4 is 10.1 Å². The Balaban J connectivity index is 1.49. The van der Waals surface area contributed by atoms with Crippen LogP contribution in [0.4, 0.5) is 10.1 Å². The number of para-hydroxylation sites is 1. The molecule has 0 saturated carbocycles. The molecule has 0 atom stereocenters. The number of Topliss-reactive ketones (excluding diaryl/α,β-unsaturated/α-hetero) is 2. The molecular weight excluding hydrogens is 543 g/mol. The number of carbonyl (C=O) groups excluding carboxylic acids is 3. The van der Waals surface area contributed by atoms with Crippen LogP contribution in [0.5, 0.6) is 5.75 Å².